The van der Waals surface area contributed by atoms with Crippen molar-refractivity contribution in [2.45, 2.75) is 13.0 Å². The highest BCUT2D eigenvalue weighted by Gasteiger charge is 2.34. The van der Waals surface area contributed by atoms with Gasteiger partial charge < -0.3 is 20.1 Å². The molecule has 2 aromatic rings. The van der Waals surface area contributed by atoms with Crippen LogP contribution in [0.2, 0.25) is 5.02 Å². The Morgan fingerprint density at radius 2 is 2.03 bits per heavy atom. The van der Waals surface area contributed by atoms with Crippen molar-refractivity contribution in [2.75, 3.05) is 13.2 Å². The Morgan fingerprint density at radius 1 is 1.24 bits per heavy atom. The van der Waals surface area contributed by atoms with Gasteiger partial charge in [-0.15, -0.1) is 11.3 Å². The zero-order chi connectivity index (χ0) is 21.0. The molecule has 0 aliphatic carbocycles. The highest BCUT2D eigenvalue weighted by molar-refractivity contribution is 7.10. The molecular formula is C19H16ClFN2O5S. The molecule has 0 saturated carbocycles. The molecule has 1 aromatic carbocycles. The maximum absolute atomic E-state index is 13.9. The van der Waals surface area contributed by atoms with E-state index in [2.05, 4.69) is 10.6 Å². The molecule has 29 heavy (non-hydrogen) atoms. The number of halogens is 2. The van der Waals surface area contributed by atoms with E-state index in [-0.39, 0.29) is 28.5 Å². The predicted octanol–water partition coefficient (Wildman–Crippen LogP) is 3.57. The molecule has 3 rings (SSSR count). The summed E-state index contributed by atoms with van der Waals surface area (Å²) < 4.78 is 24.2. The van der Waals surface area contributed by atoms with E-state index in [1.54, 1.807) is 24.4 Å². The molecule has 0 saturated heterocycles. The van der Waals surface area contributed by atoms with Crippen molar-refractivity contribution >= 4 is 40.9 Å². The summed E-state index contributed by atoms with van der Waals surface area (Å²) in [6, 6.07) is 5.73. The van der Waals surface area contributed by atoms with E-state index in [1.807, 2.05) is 0 Å². The number of hydrogen-bond donors (Lipinski definition) is 2. The number of amides is 2. The van der Waals surface area contributed by atoms with Crippen molar-refractivity contribution in [3.8, 4) is 0 Å². The van der Waals surface area contributed by atoms with Crippen LogP contribution in [0.4, 0.5) is 9.18 Å². The van der Waals surface area contributed by atoms with E-state index < -0.39 is 36.4 Å². The second-order valence-corrected chi connectivity index (χ2v) is 7.28. The Labute approximate surface area is 174 Å². The van der Waals surface area contributed by atoms with Gasteiger partial charge in [-0.3, -0.25) is 0 Å². The largest absolute Gasteiger partial charge is 0.463 e. The molecule has 1 aliphatic heterocycles. The number of rotatable bonds is 6. The second kappa shape index (κ2) is 9.06. The van der Waals surface area contributed by atoms with Crippen molar-refractivity contribution in [3.05, 3.63) is 68.3 Å². The zero-order valence-corrected chi connectivity index (χ0v) is 16.7. The number of carbonyl (C=O) groups excluding carboxylic acids is 3. The van der Waals surface area contributed by atoms with Crippen LogP contribution in [0.25, 0.3) is 0 Å². The number of ether oxygens (including phenoxy) is 2. The van der Waals surface area contributed by atoms with Crippen molar-refractivity contribution in [1.29, 1.82) is 0 Å². The number of thiophene rings is 1. The summed E-state index contributed by atoms with van der Waals surface area (Å²) in [5.41, 5.74) is -0.144. The Morgan fingerprint density at radius 3 is 2.69 bits per heavy atom. The van der Waals surface area contributed by atoms with Gasteiger partial charge in [-0.05, 0) is 36.6 Å². The van der Waals surface area contributed by atoms with Crippen LogP contribution in [-0.2, 0) is 14.3 Å². The first-order chi connectivity index (χ1) is 13.9. The fourth-order valence-electron chi connectivity index (χ4n) is 2.72. The molecule has 10 heteroatoms. The minimum absolute atomic E-state index is 0.0633. The number of urea groups is 1. The molecule has 7 nitrogen and oxygen atoms in total. The van der Waals surface area contributed by atoms with Gasteiger partial charge in [-0.25, -0.2) is 18.8 Å². The van der Waals surface area contributed by atoms with Crippen molar-refractivity contribution in [1.82, 2.24) is 10.6 Å². The van der Waals surface area contributed by atoms with Crippen molar-refractivity contribution in [2.24, 2.45) is 0 Å². The van der Waals surface area contributed by atoms with Crippen LogP contribution in [0, 0.1) is 5.82 Å². The molecule has 2 heterocycles. The lowest BCUT2D eigenvalue weighted by Crippen LogP contribution is -2.46. The summed E-state index contributed by atoms with van der Waals surface area (Å²) >= 11 is 7.02. The van der Waals surface area contributed by atoms with Crippen LogP contribution in [0.5, 0.6) is 0 Å². The zero-order valence-electron chi connectivity index (χ0n) is 15.2. The smallest absolute Gasteiger partial charge is 0.341 e. The first-order valence-corrected chi connectivity index (χ1v) is 9.79. The maximum atomic E-state index is 13.9. The Hall–Kier alpha value is -2.91. The number of esters is 2. The van der Waals surface area contributed by atoms with Crippen LogP contribution in [0.1, 0.15) is 28.2 Å². The third-order valence-electron chi connectivity index (χ3n) is 3.98. The molecule has 1 aromatic heterocycles. The predicted molar refractivity (Wildman–Crippen MR) is 104 cm³/mol. The van der Waals surface area contributed by atoms with Gasteiger partial charge in [0.25, 0.3) is 0 Å². The number of benzene rings is 1. The molecule has 1 aliphatic rings. The number of nitrogens with one attached hydrogen (secondary N) is 2. The molecule has 1 atom stereocenters. The number of carbonyl (C=O) groups is 3. The van der Waals surface area contributed by atoms with E-state index in [0.717, 1.165) is 6.07 Å². The fraction of sp³-hybridized carbons (Fsp3) is 0.211. The third kappa shape index (κ3) is 4.75. The normalized spacial score (nSPS) is 16.1. The van der Waals surface area contributed by atoms with Gasteiger partial charge in [0.15, 0.2) is 0 Å². The van der Waals surface area contributed by atoms with Crippen LogP contribution < -0.4 is 10.6 Å². The third-order valence-corrected chi connectivity index (χ3v) is 5.15. The summed E-state index contributed by atoms with van der Waals surface area (Å²) in [7, 11) is 0. The lowest BCUT2D eigenvalue weighted by molar-refractivity contribution is -0.139. The molecule has 0 fully saturated rings. The Kier molecular flexibility index (Phi) is 6.50. The molecule has 152 valence electrons. The monoisotopic (exact) mass is 438 g/mol. The second-order valence-electron chi connectivity index (χ2n) is 5.86. The van der Waals surface area contributed by atoms with Gasteiger partial charge in [0, 0.05) is 9.90 Å². The van der Waals surface area contributed by atoms with Gasteiger partial charge in [-0.2, -0.15) is 0 Å². The van der Waals surface area contributed by atoms with Crippen LogP contribution in [-0.4, -0.2) is 31.2 Å². The van der Waals surface area contributed by atoms with Gasteiger partial charge in [0.1, 0.15) is 12.4 Å². The molecular weight excluding hydrogens is 423 g/mol. The van der Waals surface area contributed by atoms with Crippen LogP contribution in [0.15, 0.2) is 47.0 Å². The van der Waals surface area contributed by atoms with E-state index in [1.165, 1.54) is 23.5 Å². The standard InChI is InChI=1S/C19H16ClFN2O5S/c1-2-27-18(25)15-13(22-19(26)23-16(15)14-4-3-7-29-14)9-28-17(24)11-6-5-10(20)8-12(11)21/h3-8,16H,2,9H2,1H3,(H2,22,23,26). The molecule has 0 bridgehead atoms. The summed E-state index contributed by atoms with van der Waals surface area (Å²) in [6.07, 6.45) is 0. The van der Waals surface area contributed by atoms with Crippen LogP contribution >= 0.6 is 22.9 Å². The molecule has 0 spiro atoms. The average Bonchev–Trinajstić information content (AvgIpc) is 3.20. The van der Waals surface area contributed by atoms with Gasteiger partial charge >= 0.3 is 18.0 Å². The van der Waals surface area contributed by atoms with Gasteiger partial charge in [-0.1, -0.05) is 17.7 Å². The van der Waals surface area contributed by atoms with E-state index >= 15 is 0 Å². The first-order valence-electron chi connectivity index (χ1n) is 8.54. The fourth-order valence-corrected chi connectivity index (χ4v) is 3.66. The molecule has 2 N–H and O–H groups in total. The minimum Gasteiger partial charge on any atom is -0.463 e. The summed E-state index contributed by atoms with van der Waals surface area (Å²) in [4.78, 5) is 37.6. The summed E-state index contributed by atoms with van der Waals surface area (Å²) in [5.74, 6) is -2.47. The van der Waals surface area contributed by atoms with E-state index in [9.17, 15) is 18.8 Å². The lowest BCUT2D eigenvalue weighted by Gasteiger charge is -2.28. The van der Waals surface area contributed by atoms with Crippen molar-refractivity contribution < 1.29 is 28.2 Å². The van der Waals surface area contributed by atoms with Crippen LogP contribution in [0.3, 0.4) is 0 Å². The van der Waals surface area contributed by atoms with Gasteiger partial charge in [0.05, 0.1) is 29.5 Å². The molecule has 1 unspecified atom stereocenters. The SMILES string of the molecule is CCOC(=O)C1=C(COC(=O)c2ccc(Cl)cc2F)NC(=O)NC1c1cccs1. The van der Waals surface area contributed by atoms with E-state index in [4.69, 9.17) is 21.1 Å². The van der Waals surface area contributed by atoms with Gasteiger partial charge in [0.2, 0.25) is 0 Å². The quantitative estimate of drug-likeness (QED) is 0.672. The topological polar surface area (TPSA) is 93.7 Å². The Bertz CT molecular complexity index is 977. The minimum atomic E-state index is -0.963. The summed E-state index contributed by atoms with van der Waals surface area (Å²) in [6.45, 7) is 1.32. The lowest BCUT2D eigenvalue weighted by atomic mass is 10.0. The summed E-state index contributed by atoms with van der Waals surface area (Å²) in [5, 5.41) is 7.06. The highest BCUT2D eigenvalue weighted by Crippen LogP contribution is 2.30. The molecule has 0 radical (unpaired) electrons. The Balaban J connectivity index is 1.89. The molecule has 2 amide bonds. The maximum Gasteiger partial charge on any atom is 0.341 e. The van der Waals surface area contributed by atoms with E-state index in [0.29, 0.717) is 4.88 Å². The number of hydrogen-bond acceptors (Lipinski definition) is 6. The average molecular weight is 439 g/mol. The first kappa shape index (κ1) is 20.8. The highest BCUT2D eigenvalue weighted by atomic mass is 35.5. The van der Waals surface area contributed by atoms with Crippen molar-refractivity contribution in [3.63, 3.8) is 0 Å².